The van der Waals surface area contributed by atoms with Gasteiger partial charge in [-0.05, 0) is 48.5 Å². The van der Waals surface area contributed by atoms with Crippen molar-refractivity contribution in [2.24, 2.45) is 11.5 Å². The van der Waals surface area contributed by atoms with Crippen LogP contribution in [0.5, 0.6) is 11.5 Å². The summed E-state index contributed by atoms with van der Waals surface area (Å²) in [5.74, 6) is 1.03. The first-order chi connectivity index (χ1) is 20.6. The van der Waals surface area contributed by atoms with E-state index in [0.29, 0.717) is 60.7 Å². The molecular formula is C32H34N4O6. The number of hydrogen-bond donors (Lipinski definition) is 2. The summed E-state index contributed by atoms with van der Waals surface area (Å²) in [6.45, 7) is 1.93. The van der Waals surface area contributed by atoms with Gasteiger partial charge in [0.05, 0.1) is 49.2 Å². The van der Waals surface area contributed by atoms with Gasteiger partial charge in [0.15, 0.2) is 0 Å². The van der Waals surface area contributed by atoms with Crippen molar-refractivity contribution in [3.8, 4) is 11.5 Å². The average Bonchev–Trinajstić information content (AvgIpc) is 3.00. The maximum Gasteiger partial charge on any atom is 0.324 e. The summed E-state index contributed by atoms with van der Waals surface area (Å²) >= 11 is 0. The van der Waals surface area contributed by atoms with Crippen LogP contribution in [0.15, 0.2) is 109 Å². The Hall–Kier alpha value is -5.06. The molecule has 10 heteroatoms. The SMILES string of the molecule is NC(=O)N(c1ccccc1)c1ccccc1OCCOCCOCCOc1ccccc1N(C(N)=O)c1ccccc1. The third kappa shape index (κ3) is 8.23. The van der Waals surface area contributed by atoms with E-state index in [0.717, 1.165) is 0 Å². The number of rotatable bonds is 15. The lowest BCUT2D eigenvalue weighted by Gasteiger charge is -2.23. The number of anilines is 4. The van der Waals surface area contributed by atoms with Crippen molar-refractivity contribution in [3.63, 3.8) is 0 Å². The van der Waals surface area contributed by atoms with Crippen molar-refractivity contribution in [1.82, 2.24) is 0 Å². The summed E-state index contributed by atoms with van der Waals surface area (Å²) in [4.78, 5) is 27.2. The van der Waals surface area contributed by atoms with Crippen LogP contribution in [0.25, 0.3) is 0 Å². The molecule has 0 bridgehead atoms. The Balaban J connectivity index is 1.17. The molecule has 0 saturated heterocycles. The van der Waals surface area contributed by atoms with Crippen LogP contribution >= 0.6 is 0 Å². The molecule has 4 N–H and O–H groups in total. The first-order valence-electron chi connectivity index (χ1n) is 13.4. The molecule has 0 fully saturated rings. The minimum Gasteiger partial charge on any atom is -0.489 e. The number of amides is 4. The minimum atomic E-state index is -0.612. The zero-order valence-corrected chi connectivity index (χ0v) is 23.1. The number of nitrogens with zero attached hydrogens (tertiary/aromatic N) is 2. The molecule has 0 radical (unpaired) electrons. The number of hydrogen-bond acceptors (Lipinski definition) is 6. The number of ether oxygens (including phenoxy) is 4. The van der Waals surface area contributed by atoms with E-state index in [4.69, 9.17) is 30.4 Å². The summed E-state index contributed by atoms with van der Waals surface area (Å²) in [5, 5.41) is 0. The summed E-state index contributed by atoms with van der Waals surface area (Å²) in [6, 6.07) is 31.4. The fourth-order valence-corrected chi connectivity index (χ4v) is 4.20. The highest BCUT2D eigenvalue weighted by Gasteiger charge is 2.20. The minimum absolute atomic E-state index is 0.274. The summed E-state index contributed by atoms with van der Waals surface area (Å²) in [5.41, 5.74) is 13.7. The largest absolute Gasteiger partial charge is 0.489 e. The van der Waals surface area contributed by atoms with Crippen molar-refractivity contribution in [2.45, 2.75) is 0 Å². The molecule has 0 spiro atoms. The molecule has 0 atom stereocenters. The zero-order chi connectivity index (χ0) is 29.6. The summed E-state index contributed by atoms with van der Waals surface area (Å²) in [7, 11) is 0. The number of benzene rings is 4. The first-order valence-corrected chi connectivity index (χ1v) is 13.4. The lowest BCUT2D eigenvalue weighted by Crippen LogP contribution is -2.31. The lowest BCUT2D eigenvalue weighted by atomic mass is 10.2. The van der Waals surface area contributed by atoms with Gasteiger partial charge in [0.25, 0.3) is 0 Å². The number of carbonyl (C=O) groups is 2. The third-order valence-electron chi connectivity index (χ3n) is 6.02. The molecule has 4 aromatic carbocycles. The molecule has 42 heavy (non-hydrogen) atoms. The van der Waals surface area contributed by atoms with E-state index in [-0.39, 0.29) is 13.2 Å². The first kappa shape index (κ1) is 29.9. The second kappa shape index (κ2) is 15.7. The van der Waals surface area contributed by atoms with Crippen LogP contribution in [0.1, 0.15) is 0 Å². The Morgan fingerprint density at radius 2 is 0.810 bits per heavy atom. The van der Waals surface area contributed by atoms with Crippen molar-refractivity contribution in [1.29, 1.82) is 0 Å². The quantitative estimate of drug-likeness (QED) is 0.179. The van der Waals surface area contributed by atoms with Gasteiger partial charge in [-0.3, -0.25) is 9.80 Å². The highest BCUT2D eigenvalue weighted by atomic mass is 16.6. The predicted molar refractivity (Wildman–Crippen MR) is 162 cm³/mol. The van der Waals surface area contributed by atoms with Crippen molar-refractivity contribution >= 4 is 34.8 Å². The average molecular weight is 571 g/mol. The Bertz CT molecular complexity index is 1310. The Labute approximate surface area is 244 Å². The van der Waals surface area contributed by atoms with E-state index in [1.807, 2.05) is 60.7 Å². The van der Waals surface area contributed by atoms with Crippen molar-refractivity contribution in [2.75, 3.05) is 49.4 Å². The fraction of sp³-hybridized carbons (Fsp3) is 0.188. The monoisotopic (exact) mass is 570 g/mol. The van der Waals surface area contributed by atoms with Crippen LogP contribution in [0.2, 0.25) is 0 Å². The molecule has 0 unspecified atom stereocenters. The van der Waals surface area contributed by atoms with E-state index >= 15 is 0 Å². The molecule has 0 aromatic heterocycles. The second-order valence-electron chi connectivity index (χ2n) is 8.88. The fourth-order valence-electron chi connectivity index (χ4n) is 4.20. The highest BCUT2D eigenvalue weighted by molar-refractivity contribution is 6.00. The van der Waals surface area contributed by atoms with Crippen LogP contribution < -0.4 is 30.7 Å². The number of carbonyl (C=O) groups excluding carboxylic acids is 2. The molecule has 0 aliphatic heterocycles. The Morgan fingerprint density at radius 1 is 0.476 bits per heavy atom. The molecule has 10 nitrogen and oxygen atoms in total. The van der Waals surface area contributed by atoms with E-state index in [1.54, 1.807) is 48.5 Å². The molecule has 4 amide bonds. The molecular weight excluding hydrogens is 536 g/mol. The van der Waals surface area contributed by atoms with E-state index < -0.39 is 12.1 Å². The van der Waals surface area contributed by atoms with Crippen LogP contribution in [0.3, 0.4) is 0 Å². The van der Waals surface area contributed by atoms with Crippen LogP contribution in [0, 0.1) is 0 Å². The topological polar surface area (TPSA) is 130 Å². The number of urea groups is 2. The maximum atomic E-state index is 12.2. The molecule has 0 aliphatic rings. The normalized spacial score (nSPS) is 10.6. The molecule has 0 aliphatic carbocycles. The zero-order valence-electron chi connectivity index (χ0n) is 23.1. The molecule has 0 saturated carbocycles. The Kier molecular flexibility index (Phi) is 11.1. The van der Waals surface area contributed by atoms with Crippen molar-refractivity contribution < 1.29 is 28.5 Å². The number of primary amides is 2. The highest BCUT2D eigenvalue weighted by Crippen LogP contribution is 2.34. The van der Waals surface area contributed by atoms with Gasteiger partial charge in [0.1, 0.15) is 24.7 Å². The third-order valence-corrected chi connectivity index (χ3v) is 6.02. The Morgan fingerprint density at radius 3 is 1.19 bits per heavy atom. The van der Waals surface area contributed by atoms with E-state index in [2.05, 4.69) is 0 Å². The second-order valence-corrected chi connectivity index (χ2v) is 8.88. The predicted octanol–water partition coefficient (Wildman–Crippen LogP) is 5.61. The molecule has 4 aromatic rings. The standard InChI is InChI=1S/C32H34N4O6/c33-31(37)35(25-11-3-1-4-12-25)27-15-7-9-17-29(27)41-23-21-39-19-20-40-22-24-42-30-18-10-8-16-28(30)36(32(34)38)26-13-5-2-6-14-26/h1-18H,19-24H2,(H2,33,37)(H2,34,38). The lowest BCUT2D eigenvalue weighted by molar-refractivity contribution is 0.0274. The van der Waals surface area contributed by atoms with Gasteiger partial charge < -0.3 is 30.4 Å². The van der Waals surface area contributed by atoms with Gasteiger partial charge in [-0.2, -0.15) is 0 Å². The van der Waals surface area contributed by atoms with E-state index in [9.17, 15) is 9.59 Å². The number of para-hydroxylation sites is 6. The number of nitrogens with two attached hydrogens (primary N) is 2. The van der Waals surface area contributed by atoms with Crippen LogP contribution in [-0.4, -0.2) is 51.7 Å². The molecule has 0 heterocycles. The van der Waals surface area contributed by atoms with Gasteiger partial charge in [-0.25, -0.2) is 9.59 Å². The van der Waals surface area contributed by atoms with Crippen LogP contribution in [0.4, 0.5) is 32.3 Å². The summed E-state index contributed by atoms with van der Waals surface area (Å²) < 4.78 is 23.0. The van der Waals surface area contributed by atoms with Gasteiger partial charge in [-0.1, -0.05) is 60.7 Å². The van der Waals surface area contributed by atoms with E-state index in [1.165, 1.54) is 9.80 Å². The maximum absolute atomic E-state index is 12.2. The van der Waals surface area contributed by atoms with Crippen molar-refractivity contribution in [3.05, 3.63) is 109 Å². The smallest absolute Gasteiger partial charge is 0.324 e. The molecule has 218 valence electrons. The molecule has 4 rings (SSSR count). The van der Waals surface area contributed by atoms with Gasteiger partial charge in [0, 0.05) is 0 Å². The van der Waals surface area contributed by atoms with Crippen LogP contribution in [-0.2, 0) is 9.47 Å². The van der Waals surface area contributed by atoms with Gasteiger partial charge in [0.2, 0.25) is 0 Å². The summed E-state index contributed by atoms with van der Waals surface area (Å²) in [6.07, 6.45) is 0. The van der Waals surface area contributed by atoms with Gasteiger partial charge in [-0.15, -0.1) is 0 Å². The van der Waals surface area contributed by atoms with Gasteiger partial charge >= 0.3 is 12.1 Å².